The standard InChI is InChI=1S/C24H26ClFN4O/c25-17-7-8-19-20(16-30(23(19)14-17)15-18-4-3-9-27-18)24(31)29-12-10-28(11-13-29)22-6-2-1-5-21(22)26/h1-2,5-8,14,16,18,27H,3-4,9-13,15H2. The predicted molar refractivity (Wildman–Crippen MR) is 122 cm³/mol. The van der Waals surface area contributed by atoms with Crippen molar-refractivity contribution in [3.05, 3.63) is 65.1 Å². The minimum absolute atomic E-state index is 0.0265. The molecule has 2 aliphatic heterocycles. The Morgan fingerprint density at radius 3 is 2.68 bits per heavy atom. The molecule has 2 saturated heterocycles. The van der Waals surface area contributed by atoms with E-state index in [2.05, 4.69) is 9.88 Å². The second kappa shape index (κ2) is 8.52. The molecule has 0 radical (unpaired) electrons. The highest BCUT2D eigenvalue weighted by molar-refractivity contribution is 6.31. The quantitative estimate of drug-likeness (QED) is 0.662. The van der Waals surface area contributed by atoms with Crippen molar-refractivity contribution < 1.29 is 9.18 Å². The summed E-state index contributed by atoms with van der Waals surface area (Å²) in [7, 11) is 0. The lowest BCUT2D eigenvalue weighted by atomic mass is 10.1. The molecule has 5 nitrogen and oxygen atoms in total. The number of carbonyl (C=O) groups is 1. The Morgan fingerprint density at radius 2 is 1.94 bits per heavy atom. The first-order valence-corrected chi connectivity index (χ1v) is 11.3. The van der Waals surface area contributed by atoms with Gasteiger partial charge in [0.25, 0.3) is 5.91 Å². The summed E-state index contributed by atoms with van der Waals surface area (Å²) in [5.74, 6) is -0.193. The molecule has 0 aliphatic carbocycles. The zero-order valence-corrected chi connectivity index (χ0v) is 18.1. The van der Waals surface area contributed by atoms with Crippen LogP contribution in [0.4, 0.5) is 10.1 Å². The van der Waals surface area contributed by atoms with E-state index in [4.69, 9.17) is 11.6 Å². The molecule has 3 aromatic rings. The number of fused-ring (bicyclic) bond motifs is 1. The highest BCUT2D eigenvalue weighted by Gasteiger charge is 2.26. The van der Waals surface area contributed by atoms with Crippen LogP contribution >= 0.6 is 11.6 Å². The molecule has 2 aromatic carbocycles. The Bertz CT molecular complexity index is 1100. The molecule has 162 valence electrons. The van der Waals surface area contributed by atoms with Gasteiger partial charge in [-0.1, -0.05) is 29.8 Å². The number of carbonyl (C=O) groups excluding carboxylic acids is 1. The maximum absolute atomic E-state index is 14.1. The Kier molecular flexibility index (Phi) is 5.59. The number of nitrogens with one attached hydrogen (secondary N) is 1. The fourth-order valence-electron chi connectivity index (χ4n) is 4.77. The molecular formula is C24H26ClFN4O. The van der Waals surface area contributed by atoms with Crippen LogP contribution in [-0.2, 0) is 6.54 Å². The van der Waals surface area contributed by atoms with E-state index in [0.29, 0.717) is 48.5 Å². The second-order valence-electron chi connectivity index (χ2n) is 8.38. The van der Waals surface area contributed by atoms with Crippen molar-refractivity contribution in [2.75, 3.05) is 37.6 Å². The third-order valence-corrected chi connectivity index (χ3v) is 6.65. The number of rotatable bonds is 4. The predicted octanol–water partition coefficient (Wildman–Crippen LogP) is 4.15. The fourth-order valence-corrected chi connectivity index (χ4v) is 4.93. The van der Waals surface area contributed by atoms with Crippen LogP contribution in [0, 0.1) is 5.82 Å². The van der Waals surface area contributed by atoms with E-state index in [-0.39, 0.29) is 11.7 Å². The molecule has 0 spiro atoms. The number of hydrogen-bond donors (Lipinski definition) is 1. The van der Waals surface area contributed by atoms with Crippen LogP contribution in [0.25, 0.3) is 10.9 Å². The van der Waals surface area contributed by atoms with Gasteiger partial charge in [0.05, 0.1) is 16.8 Å². The average molecular weight is 441 g/mol. The minimum Gasteiger partial charge on any atom is -0.366 e. The third kappa shape index (κ3) is 4.02. The highest BCUT2D eigenvalue weighted by atomic mass is 35.5. The van der Waals surface area contributed by atoms with Crippen molar-refractivity contribution in [1.29, 1.82) is 0 Å². The first kappa shape index (κ1) is 20.3. The van der Waals surface area contributed by atoms with E-state index < -0.39 is 0 Å². The van der Waals surface area contributed by atoms with E-state index in [1.165, 1.54) is 12.5 Å². The number of para-hydroxylation sites is 1. The summed E-state index contributed by atoms with van der Waals surface area (Å²) in [4.78, 5) is 17.3. The van der Waals surface area contributed by atoms with E-state index in [9.17, 15) is 9.18 Å². The van der Waals surface area contributed by atoms with Gasteiger partial charge in [0.2, 0.25) is 0 Å². The number of halogens is 2. The van der Waals surface area contributed by atoms with Gasteiger partial charge in [0.1, 0.15) is 5.82 Å². The molecule has 5 rings (SSSR count). The number of piperazine rings is 1. The van der Waals surface area contributed by atoms with Crippen LogP contribution in [0.3, 0.4) is 0 Å². The van der Waals surface area contributed by atoms with Crippen molar-refractivity contribution in [2.45, 2.75) is 25.4 Å². The van der Waals surface area contributed by atoms with E-state index >= 15 is 0 Å². The molecule has 7 heteroatoms. The number of aromatic nitrogens is 1. The molecule has 0 bridgehead atoms. The molecule has 2 aliphatic rings. The summed E-state index contributed by atoms with van der Waals surface area (Å²) in [5, 5.41) is 5.13. The van der Waals surface area contributed by atoms with Gasteiger partial charge in [-0.2, -0.15) is 0 Å². The van der Waals surface area contributed by atoms with E-state index in [1.807, 2.05) is 40.3 Å². The maximum atomic E-state index is 14.1. The molecule has 1 amide bonds. The van der Waals surface area contributed by atoms with Gasteiger partial charge in [-0.05, 0) is 43.7 Å². The summed E-state index contributed by atoms with van der Waals surface area (Å²) < 4.78 is 16.3. The SMILES string of the molecule is O=C(c1cn(CC2CCCN2)c2cc(Cl)ccc12)N1CCN(c2ccccc2F)CC1. The summed E-state index contributed by atoms with van der Waals surface area (Å²) in [6, 6.07) is 13.0. The van der Waals surface area contributed by atoms with E-state index in [0.717, 1.165) is 30.4 Å². The van der Waals surface area contributed by atoms with Crippen LogP contribution in [0.2, 0.25) is 5.02 Å². The number of amides is 1. The van der Waals surface area contributed by atoms with Crippen LogP contribution in [0.5, 0.6) is 0 Å². The lowest BCUT2D eigenvalue weighted by Gasteiger charge is -2.36. The topological polar surface area (TPSA) is 40.5 Å². The van der Waals surface area contributed by atoms with Crippen molar-refractivity contribution in [3.8, 4) is 0 Å². The number of nitrogens with zero attached hydrogens (tertiary/aromatic N) is 3. The van der Waals surface area contributed by atoms with Gasteiger partial charge in [-0.3, -0.25) is 4.79 Å². The molecule has 2 fully saturated rings. The zero-order chi connectivity index (χ0) is 21.4. The van der Waals surface area contributed by atoms with Gasteiger partial charge in [-0.15, -0.1) is 0 Å². The second-order valence-corrected chi connectivity index (χ2v) is 8.82. The normalized spacial score (nSPS) is 19.4. The fraction of sp³-hybridized carbons (Fsp3) is 0.375. The zero-order valence-electron chi connectivity index (χ0n) is 17.4. The molecule has 3 heterocycles. The molecule has 1 unspecified atom stereocenters. The minimum atomic E-state index is -0.220. The summed E-state index contributed by atoms with van der Waals surface area (Å²) in [6.45, 7) is 4.23. The molecular weight excluding hydrogens is 415 g/mol. The van der Waals surface area contributed by atoms with Crippen molar-refractivity contribution in [1.82, 2.24) is 14.8 Å². The summed E-state index contributed by atoms with van der Waals surface area (Å²) in [5.41, 5.74) is 2.31. The van der Waals surface area contributed by atoms with E-state index in [1.54, 1.807) is 12.1 Å². The van der Waals surface area contributed by atoms with Gasteiger partial charge < -0.3 is 19.7 Å². The van der Waals surface area contributed by atoms with Gasteiger partial charge in [-0.25, -0.2) is 4.39 Å². The highest BCUT2D eigenvalue weighted by Crippen LogP contribution is 2.28. The summed E-state index contributed by atoms with van der Waals surface area (Å²) in [6.07, 6.45) is 4.30. The maximum Gasteiger partial charge on any atom is 0.256 e. The molecule has 0 saturated carbocycles. The van der Waals surface area contributed by atoms with Crippen LogP contribution < -0.4 is 10.2 Å². The van der Waals surface area contributed by atoms with Gasteiger partial charge >= 0.3 is 0 Å². The first-order chi connectivity index (χ1) is 15.1. The summed E-state index contributed by atoms with van der Waals surface area (Å²) >= 11 is 6.27. The Hall–Kier alpha value is -2.57. The van der Waals surface area contributed by atoms with Gasteiger partial charge in [0.15, 0.2) is 0 Å². The van der Waals surface area contributed by atoms with Crippen LogP contribution in [-0.4, -0.2) is 54.1 Å². The first-order valence-electron chi connectivity index (χ1n) is 10.9. The molecule has 1 aromatic heterocycles. The third-order valence-electron chi connectivity index (χ3n) is 6.41. The Morgan fingerprint density at radius 1 is 1.13 bits per heavy atom. The Balaban J connectivity index is 1.37. The monoisotopic (exact) mass is 440 g/mol. The molecule has 1 N–H and O–H groups in total. The number of anilines is 1. The molecule has 31 heavy (non-hydrogen) atoms. The van der Waals surface area contributed by atoms with Crippen molar-refractivity contribution in [2.24, 2.45) is 0 Å². The molecule has 1 atom stereocenters. The average Bonchev–Trinajstić information content (AvgIpc) is 3.42. The van der Waals surface area contributed by atoms with Crippen LogP contribution in [0.1, 0.15) is 23.2 Å². The number of benzene rings is 2. The number of hydrogen-bond acceptors (Lipinski definition) is 3. The van der Waals surface area contributed by atoms with Crippen molar-refractivity contribution >= 4 is 34.1 Å². The van der Waals surface area contributed by atoms with Crippen molar-refractivity contribution in [3.63, 3.8) is 0 Å². The van der Waals surface area contributed by atoms with Gasteiger partial charge in [0, 0.05) is 55.4 Å². The lowest BCUT2D eigenvalue weighted by molar-refractivity contribution is 0.0748. The smallest absolute Gasteiger partial charge is 0.256 e. The Labute approximate surface area is 186 Å². The largest absolute Gasteiger partial charge is 0.366 e. The lowest BCUT2D eigenvalue weighted by Crippen LogP contribution is -2.49. The van der Waals surface area contributed by atoms with Crippen LogP contribution in [0.15, 0.2) is 48.7 Å².